The van der Waals surface area contributed by atoms with E-state index in [-0.39, 0.29) is 10.3 Å². The molecule has 2 rings (SSSR count). The fourth-order valence-electron chi connectivity index (χ4n) is 3.83. The lowest BCUT2D eigenvalue weighted by Crippen LogP contribution is -2.11. The molecule has 0 heterocycles. The normalized spacial score (nSPS) is 19.2. The highest BCUT2D eigenvalue weighted by molar-refractivity contribution is 7.89. The predicted octanol–water partition coefficient (Wildman–Crippen LogP) is 6.24. The summed E-state index contributed by atoms with van der Waals surface area (Å²) in [6, 6.07) is 7.01. The van der Waals surface area contributed by atoms with E-state index in [4.69, 9.17) is 5.14 Å². The number of allylic oxidation sites excluding steroid dienone is 6. The standard InChI is InChI=1S/C24H35NO2S/c1-7-18(3)19(4)9-8-17(2)14-21-15-24(5,6)16-23(21)20-10-12-22(13-11-20)28(25,26)27/h8-13,18H,7,14-16H2,1-6H3,(H2,25,26,27)/b17-8+,19-9-. The number of benzene rings is 1. The Labute approximate surface area is 171 Å². The van der Waals surface area contributed by atoms with E-state index in [2.05, 4.69) is 53.7 Å². The van der Waals surface area contributed by atoms with Crippen molar-refractivity contribution in [2.75, 3.05) is 0 Å². The molecular weight excluding hydrogens is 366 g/mol. The lowest BCUT2D eigenvalue weighted by Gasteiger charge is -2.17. The zero-order valence-corrected chi connectivity index (χ0v) is 19.0. The second-order valence-electron chi connectivity index (χ2n) is 9.08. The van der Waals surface area contributed by atoms with E-state index < -0.39 is 10.0 Å². The van der Waals surface area contributed by atoms with Gasteiger partial charge in [-0.15, -0.1) is 0 Å². The van der Waals surface area contributed by atoms with Gasteiger partial charge in [-0.3, -0.25) is 0 Å². The average Bonchev–Trinajstić information content (AvgIpc) is 2.92. The molecule has 1 aromatic carbocycles. The molecule has 1 unspecified atom stereocenters. The summed E-state index contributed by atoms with van der Waals surface area (Å²) in [7, 11) is -3.66. The Hall–Kier alpha value is -1.65. The van der Waals surface area contributed by atoms with Crippen molar-refractivity contribution in [3.8, 4) is 0 Å². The van der Waals surface area contributed by atoms with Gasteiger partial charge >= 0.3 is 0 Å². The topological polar surface area (TPSA) is 60.2 Å². The second kappa shape index (κ2) is 8.79. The van der Waals surface area contributed by atoms with Crippen LogP contribution in [0.3, 0.4) is 0 Å². The molecular formula is C24H35NO2S. The first-order valence-electron chi connectivity index (χ1n) is 10.1. The Morgan fingerprint density at radius 1 is 1.14 bits per heavy atom. The van der Waals surface area contributed by atoms with Crippen molar-refractivity contribution in [2.45, 2.75) is 72.1 Å². The number of nitrogens with two attached hydrogens (primary N) is 1. The van der Waals surface area contributed by atoms with Crippen molar-refractivity contribution < 1.29 is 8.42 Å². The molecule has 1 aliphatic carbocycles. The summed E-state index contributed by atoms with van der Waals surface area (Å²) >= 11 is 0. The molecule has 0 spiro atoms. The van der Waals surface area contributed by atoms with Crippen LogP contribution in [0, 0.1) is 11.3 Å². The summed E-state index contributed by atoms with van der Waals surface area (Å²) in [5.41, 5.74) is 6.91. The molecule has 2 N–H and O–H groups in total. The summed E-state index contributed by atoms with van der Waals surface area (Å²) in [5.74, 6) is 0.613. The van der Waals surface area contributed by atoms with Crippen molar-refractivity contribution >= 4 is 15.6 Å². The molecule has 0 fully saturated rings. The maximum Gasteiger partial charge on any atom is 0.238 e. The number of sulfonamides is 1. The Bertz CT molecular complexity index is 900. The highest BCUT2D eigenvalue weighted by atomic mass is 32.2. The fraction of sp³-hybridized carbons (Fsp3) is 0.500. The maximum absolute atomic E-state index is 11.5. The van der Waals surface area contributed by atoms with Gasteiger partial charge in [0.2, 0.25) is 10.0 Å². The summed E-state index contributed by atoms with van der Waals surface area (Å²) in [4.78, 5) is 0.164. The summed E-state index contributed by atoms with van der Waals surface area (Å²) in [5, 5.41) is 5.23. The monoisotopic (exact) mass is 401 g/mol. The molecule has 0 bridgehead atoms. The molecule has 3 nitrogen and oxygen atoms in total. The summed E-state index contributed by atoms with van der Waals surface area (Å²) in [6.07, 6.45) is 8.70. The molecule has 0 saturated heterocycles. The Kier molecular flexibility index (Phi) is 7.11. The first kappa shape index (κ1) is 22.6. The van der Waals surface area contributed by atoms with E-state index in [1.807, 2.05) is 12.1 Å². The van der Waals surface area contributed by atoms with E-state index >= 15 is 0 Å². The van der Waals surface area contributed by atoms with Crippen LogP contribution in [-0.2, 0) is 10.0 Å². The molecule has 28 heavy (non-hydrogen) atoms. The van der Waals surface area contributed by atoms with Gasteiger partial charge in [-0.05, 0) is 74.1 Å². The minimum absolute atomic E-state index is 0.164. The smallest absolute Gasteiger partial charge is 0.225 e. The minimum Gasteiger partial charge on any atom is -0.225 e. The van der Waals surface area contributed by atoms with Gasteiger partial charge in [0.1, 0.15) is 0 Å². The average molecular weight is 402 g/mol. The predicted molar refractivity (Wildman–Crippen MR) is 119 cm³/mol. The van der Waals surface area contributed by atoms with Gasteiger partial charge in [0.25, 0.3) is 0 Å². The molecule has 1 aromatic rings. The first-order chi connectivity index (χ1) is 12.9. The Balaban J connectivity index is 2.31. The van der Waals surface area contributed by atoms with Crippen molar-refractivity contribution in [1.29, 1.82) is 0 Å². The van der Waals surface area contributed by atoms with E-state index in [1.165, 1.54) is 22.3 Å². The van der Waals surface area contributed by atoms with Crippen molar-refractivity contribution in [3.63, 3.8) is 0 Å². The van der Waals surface area contributed by atoms with Crippen LogP contribution in [0.5, 0.6) is 0 Å². The van der Waals surface area contributed by atoms with E-state index in [9.17, 15) is 8.42 Å². The van der Waals surface area contributed by atoms with E-state index in [1.54, 1.807) is 12.1 Å². The van der Waals surface area contributed by atoms with Gasteiger partial charge in [-0.1, -0.05) is 68.7 Å². The van der Waals surface area contributed by atoms with Crippen LogP contribution < -0.4 is 5.14 Å². The maximum atomic E-state index is 11.5. The number of hydrogen-bond donors (Lipinski definition) is 1. The third kappa shape index (κ3) is 5.92. The molecule has 1 atom stereocenters. The lowest BCUT2D eigenvalue weighted by molar-refractivity contribution is 0.395. The molecule has 0 aliphatic heterocycles. The van der Waals surface area contributed by atoms with Crippen LogP contribution in [-0.4, -0.2) is 8.42 Å². The quantitative estimate of drug-likeness (QED) is 0.550. The van der Waals surface area contributed by atoms with Crippen LogP contribution in [0.15, 0.2) is 58.0 Å². The molecule has 0 radical (unpaired) electrons. The third-order valence-electron chi connectivity index (χ3n) is 5.82. The van der Waals surface area contributed by atoms with Gasteiger partial charge in [0.05, 0.1) is 4.90 Å². The molecule has 154 valence electrons. The van der Waals surface area contributed by atoms with E-state index in [0.29, 0.717) is 5.92 Å². The van der Waals surface area contributed by atoms with Crippen LogP contribution in [0.25, 0.3) is 5.57 Å². The zero-order valence-electron chi connectivity index (χ0n) is 18.2. The highest BCUT2D eigenvalue weighted by Gasteiger charge is 2.31. The molecule has 0 saturated carbocycles. The van der Waals surface area contributed by atoms with Crippen molar-refractivity contribution in [1.82, 2.24) is 0 Å². The second-order valence-corrected chi connectivity index (χ2v) is 10.6. The highest BCUT2D eigenvalue weighted by Crippen LogP contribution is 2.47. The molecule has 1 aliphatic rings. The summed E-state index contributed by atoms with van der Waals surface area (Å²) < 4.78 is 23.1. The number of hydrogen-bond acceptors (Lipinski definition) is 2. The third-order valence-corrected chi connectivity index (χ3v) is 6.75. The number of rotatable bonds is 7. The van der Waals surface area contributed by atoms with Crippen molar-refractivity contribution in [3.05, 3.63) is 58.7 Å². The zero-order chi connectivity index (χ0) is 21.1. The van der Waals surface area contributed by atoms with Crippen molar-refractivity contribution in [2.24, 2.45) is 16.5 Å². The van der Waals surface area contributed by atoms with Gasteiger partial charge in [0.15, 0.2) is 0 Å². The van der Waals surface area contributed by atoms with Gasteiger partial charge < -0.3 is 0 Å². The van der Waals surface area contributed by atoms with E-state index in [0.717, 1.165) is 31.2 Å². The molecule has 0 aromatic heterocycles. The fourth-order valence-corrected chi connectivity index (χ4v) is 4.34. The SMILES string of the molecule is CCC(C)/C(C)=C\C=C(/C)CC1=C(c2ccc(S(N)(=O)=O)cc2)CC(C)(C)C1. The first-order valence-corrected chi connectivity index (χ1v) is 11.7. The van der Waals surface area contributed by atoms with Crippen LogP contribution in [0.1, 0.15) is 72.8 Å². The lowest BCUT2D eigenvalue weighted by atomic mass is 9.87. The summed E-state index contributed by atoms with van der Waals surface area (Å²) in [6.45, 7) is 13.5. The van der Waals surface area contributed by atoms with Gasteiger partial charge in [-0.25, -0.2) is 13.6 Å². The van der Waals surface area contributed by atoms with Gasteiger partial charge in [-0.2, -0.15) is 0 Å². The molecule has 4 heteroatoms. The molecule has 0 amide bonds. The van der Waals surface area contributed by atoms with Gasteiger partial charge in [0, 0.05) is 0 Å². The largest absolute Gasteiger partial charge is 0.238 e. The van der Waals surface area contributed by atoms with Crippen LogP contribution >= 0.6 is 0 Å². The Morgan fingerprint density at radius 3 is 2.29 bits per heavy atom. The number of primary sulfonamides is 1. The Morgan fingerprint density at radius 2 is 1.75 bits per heavy atom. The van der Waals surface area contributed by atoms with Crippen LogP contribution in [0.2, 0.25) is 0 Å². The minimum atomic E-state index is -3.66. The van der Waals surface area contributed by atoms with Crippen LogP contribution in [0.4, 0.5) is 0 Å².